The molecule has 2 heterocycles. The summed E-state index contributed by atoms with van der Waals surface area (Å²) in [6.07, 6.45) is 2.29. The zero-order valence-corrected chi connectivity index (χ0v) is 17.6. The zero-order valence-electron chi connectivity index (χ0n) is 16.0. The summed E-state index contributed by atoms with van der Waals surface area (Å²) in [5, 5.41) is 0.300. The van der Waals surface area contributed by atoms with Crippen LogP contribution in [0.2, 0.25) is 0 Å². The van der Waals surface area contributed by atoms with Crippen LogP contribution in [0, 0.1) is 0 Å². The van der Waals surface area contributed by atoms with E-state index in [0.717, 1.165) is 6.42 Å². The van der Waals surface area contributed by atoms with Crippen LogP contribution in [0.3, 0.4) is 0 Å². The van der Waals surface area contributed by atoms with E-state index in [-0.39, 0.29) is 15.9 Å². The van der Waals surface area contributed by atoms with E-state index in [1.165, 1.54) is 27.8 Å². The molecule has 0 N–H and O–H groups in total. The molecule has 0 radical (unpaired) electrons. The van der Waals surface area contributed by atoms with Gasteiger partial charge < -0.3 is 4.74 Å². The number of morpholine rings is 1. The second-order valence-corrected chi connectivity index (χ2v) is 9.82. The van der Waals surface area contributed by atoms with Crippen LogP contribution in [0.4, 0.5) is 0 Å². The molecule has 0 bridgehead atoms. The first-order valence-electron chi connectivity index (χ1n) is 9.25. The Morgan fingerprint density at radius 1 is 1.18 bits per heavy atom. The topological polar surface area (TPSA) is 76.6 Å². The van der Waals surface area contributed by atoms with Crippen LogP contribution in [-0.4, -0.2) is 55.0 Å². The lowest BCUT2D eigenvalue weighted by atomic mass is 10.1. The first-order chi connectivity index (χ1) is 13.4. The molecule has 3 rings (SSSR count). The number of ether oxygens (including phenoxy) is 1. The lowest BCUT2D eigenvalue weighted by Gasteiger charge is -2.25. The molecule has 6 nitrogen and oxygen atoms in total. The minimum Gasteiger partial charge on any atom is -0.379 e. The minimum atomic E-state index is -3.56. The number of nitrogens with zero attached hydrogens (tertiary/aromatic N) is 2. The summed E-state index contributed by atoms with van der Waals surface area (Å²) in [4.78, 5) is 17.0. The van der Waals surface area contributed by atoms with E-state index in [1.807, 2.05) is 31.2 Å². The summed E-state index contributed by atoms with van der Waals surface area (Å²) in [5.74, 6) is 0.0273. The van der Waals surface area contributed by atoms with Crippen molar-refractivity contribution in [1.29, 1.82) is 0 Å². The number of sulfonamides is 1. The Bertz CT molecular complexity index is 906. The maximum atomic E-state index is 12.6. The standard InChI is InChI=1S/C20H24N2O4S2/c1-3-16-4-6-17(7-5-16)20(23)15(2)27-19-9-8-18(14-21-19)28(24,25)22-10-12-26-13-11-22/h4-9,14-15H,3,10-13H2,1-2H3/t15-/m1/s1. The average Bonchev–Trinajstić information content (AvgIpc) is 2.74. The molecule has 0 spiro atoms. The molecule has 0 amide bonds. The molecule has 0 unspecified atom stereocenters. The van der Waals surface area contributed by atoms with E-state index in [9.17, 15) is 13.2 Å². The zero-order chi connectivity index (χ0) is 20.1. The number of hydrogen-bond acceptors (Lipinski definition) is 6. The number of pyridine rings is 1. The first-order valence-corrected chi connectivity index (χ1v) is 11.6. The number of rotatable bonds is 7. The molecule has 1 aromatic carbocycles. The molecule has 8 heteroatoms. The summed E-state index contributed by atoms with van der Waals surface area (Å²) in [7, 11) is -3.56. The molecule has 2 aromatic rings. The minimum absolute atomic E-state index is 0.0273. The predicted octanol–water partition coefficient (Wildman–Crippen LogP) is 3.03. The van der Waals surface area contributed by atoms with Crippen molar-refractivity contribution in [3.05, 3.63) is 53.7 Å². The Kier molecular flexibility index (Phi) is 6.87. The third kappa shape index (κ3) is 4.81. The van der Waals surface area contributed by atoms with Gasteiger partial charge in [0.25, 0.3) is 0 Å². The Hall–Kier alpha value is -1.74. The van der Waals surface area contributed by atoms with Gasteiger partial charge in [0.05, 0.1) is 23.5 Å². The normalized spacial score (nSPS) is 16.6. The number of aromatic nitrogens is 1. The van der Waals surface area contributed by atoms with Crippen LogP contribution in [-0.2, 0) is 21.2 Å². The van der Waals surface area contributed by atoms with E-state index < -0.39 is 10.0 Å². The van der Waals surface area contributed by atoms with Crippen molar-refractivity contribution >= 4 is 27.6 Å². The third-order valence-corrected chi connectivity index (χ3v) is 7.56. The highest BCUT2D eigenvalue weighted by molar-refractivity contribution is 8.00. The first kappa shape index (κ1) is 21.0. The number of carbonyl (C=O) groups excluding carboxylic acids is 1. The monoisotopic (exact) mass is 420 g/mol. The number of ketones is 1. The van der Waals surface area contributed by atoms with Crippen molar-refractivity contribution in [2.24, 2.45) is 0 Å². The quantitative estimate of drug-likeness (QED) is 0.506. The Balaban J connectivity index is 1.66. The number of hydrogen-bond donors (Lipinski definition) is 0. The molecule has 0 aliphatic carbocycles. The fraction of sp³-hybridized carbons (Fsp3) is 0.400. The van der Waals surface area contributed by atoms with Crippen molar-refractivity contribution < 1.29 is 17.9 Å². The van der Waals surface area contributed by atoms with Crippen molar-refractivity contribution in [1.82, 2.24) is 9.29 Å². The van der Waals surface area contributed by atoms with Gasteiger partial charge in [-0.1, -0.05) is 43.0 Å². The molecule has 28 heavy (non-hydrogen) atoms. The second-order valence-electron chi connectivity index (χ2n) is 6.52. The highest BCUT2D eigenvalue weighted by atomic mass is 32.2. The highest BCUT2D eigenvalue weighted by Gasteiger charge is 2.26. The van der Waals surface area contributed by atoms with Gasteiger partial charge in [-0.25, -0.2) is 13.4 Å². The van der Waals surface area contributed by atoms with Crippen LogP contribution in [0.15, 0.2) is 52.5 Å². The molecular weight excluding hydrogens is 396 g/mol. The molecule has 1 aliphatic rings. The Morgan fingerprint density at radius 3 is 2.43 bits per heavy atom. The Labute approximate surface area is 170 Å². The number of aryl methyl sites for hydroxylation is 1. The SMILES string of the molecule is CCc1ccc(C(=O)[C@@H](C)Sc2ccc(S(=O)(=O)N3CCOCC3)cn2)cc1. The summed E-state index contributed by atoms with van der Waals surface area (Å²) >= 11 is 1.32. The summed E-state index contributed by atoms with van der Waals surface area (Å²) < 4.78 is 31.9. The van der Waals surface area contributed by atoms with Gasteiger partial charge in [0, 0.05) is 24.8 Å². The van der Waals surface area contributed by atoms with Crippen LogP contribution < -0.4 is 0 Å². The van der Waals surface area contributed by atoms with Crippen molar-refractivity contribution in [3.8, 4) is 0 Å². The van der Waals surface area contributed by atoms with Crippen LogP contribution in [0.5, 0.6) is 0 Å². The van der Waals surface area contributed by atoms with Crippen molar-refractivity contribution in [3.63, 3.8) is 0 Å². The maximum Gasteiger partial charge on any atom is 0.244 e. The van der Waals surface area contributed by atoms with Crippen LogP contribution in [0.25, 0.3) is 0 Å². The molecule has 1 atom stereocenters. The number of Topliss-reactive ketones (excluding diaryl/α,β-unsaturated/α-hetero) is 1. The van der Waals surface area contributed by atoms with Gasteiger partial charge in [0.15, 0.2) is 5.78 Å². The number of thioether (sulfide) groups is 1. The van der Waals surface area contributed by atoms with Crippen molar-refractivity contribution in [2.45, 2.75) is 35.4 Å². The molecule has 1 aliphatic heterocycles. The predicted molar refractivity (Wildman–Crippen MR) is 109 cm³/mol. The van der Waals surface area contributed by atoms with E-state index in [2.05, 4.69) is 11.9 Å². The van der Waals surface area contributed by atoms with Gasteiger partial charge in [-0.05, 0) is 31.0 Å². The van der Waals surface area contributed by atoms with Gasteiger partial charge in [-0.15, -0.1) is 0 Å². The third-order valence-electron chi connectivity index (χ3n) is 4.63. The lowest BCUT2D eigenvalue weighted by molar-refractivity contribution is 0.0730. The van der Waals surface area contributed by atoms with E-state index >= 15 is 0 Å². The molecule has 150 valence electrons. The fourth-order valence-electron chi connectivity index (χ4n) is 2.90. The van der Waals surface area contributed by atoms with Crippen LogP contribution in [0.1, 0.15) is 29.8 Å². The maximum absolute atomic E-state index is 12.6. The molecule has 1 aromatic heterocycles. The molecule has 1 fully saturated rings. The largest absolute Gasteiger partial charge is 0.379 e. The molecule has 1 saturated heterocycles. The van der Waals surface area contributed by atoms with E-state index in [0.29, 0.717) is 36.9 Å². The fourth-order valence-corrected chi connectivity index (χ4v) is 5.12. The Morgan fingerprint density at radius 2 is 1.86 bits per heavy atom. The second kappa shape index (κ2) is 9.17. The summed E-state index contributed by atoms with van der Waals surface area (Å²) in [6.45, 7) is 5.41. The van der Waals surface area contributed by atoms with Crippen molar-refractivity contribution in [2.75, 3.05) is 26.3 Å². The van der Waals surface area contributed by atoms with E-state index in [1.54, 1.807) is 12.1 Å². The average molecular weight is 421 g/mol. The van der Waals surface area contributed by atoms with Gasteiger partial charge in [-0.3, -0.25) is 4.79 Å². The van der Waals surface area contributed by atoms with E-state index in [4.69, 9.17) is 4.74 Å². The number of benzene rings is 1. The summed E-state index contributed by atoms with van der Waals surface area (Å²) in [5.41, 5.74) is 1.86. The molecule has 0 saturated carbocycles. The van der Waals surface area contributed by atoms with Gasteiger partial charge in [0.2, 0.25) is 10.0 Å². The van der Waals surface area contributed by atoms with Gasteiger partial charge in [0.1, 0.15) is 4.90 Å². The highest BCUT2D eigenvalue weighted by Crippen LogP contribution is 2.26. The number of carbonyl (C=O) groups is 1. The van der Waals surface area contributed by atoms with Gasteiger partial charge in [-0.2, -0.15) is 4.31 Å². The smallest absolute Gasteiger partial charge is 0.244 e. The lowest BCUT2D eigenvalue weighted by Crippen LogP contribution is -2.40. The van der Waals surface area contributed by atoms with Crippen LogP contribution >= 0.6 is 11.8 Å². The van der Waals surface area contributed by atoms with Gasteiger partial charge >= 0.3 is 0 Å². The summed E-state index contributed by atoms with van der Waals surface area (Å²) in [6, 6.07) is 10.8. The molecular formula is C20H24N2O4S2.